The van der Waals surface area contributed by atoms with Crippen molar-refractivity contribution < 1.29 is 44.9 Å². The second-order valence-electron chi connectivity index (χ2n) is 3.98. The first-order valence-corrected chi connectivity index (χ1v) is 6.62. The van der Waals surface area contributed by atoms with E-state index in [0.29, 0.717) is 19.1 Å². The zero-order valence-corrected chi connectivity index (χ0v) is 11.0. The standard InChI is InChI=1S/C10H8F4O6S/c1-5(9(11,12)10(13,14)21(17,18)19)20-8-4-6(15)2-3-7(8)16/h2-5H,1H3,(H,17,18,19). The van der Waals surface area contributed by atoms with E-state index in [-0.39, 0.29) is 0 Å². The molecule has 0 saturated heterocycles. The van der Waals surface area contributed by atoms with Gasteiger partial charge in [-0.05, 0) is 19.1 Å². The molecular formula is C10H8F4O6S. The van der Waals surface area contributed by atoms with Crippen molar-refractivity contribution in [1.82, 2.24) is 0 Å². The van der Waals surface area contributed by atoms with E-state index in [1.54, 1.807) is 0 Å². The molecule has 1 atom stereocenters. The quantitative estimate of drug-likeness (QED) is 0.460. The summed E-state index contributed by atoms with van der Waals surface area (Å²) in [6.07, 6.45) is -0.863. The molecule has 0 spiro atoms. The van der Waals surface area contributed by atoms with Gasteiger partial charge in [-0.1, -0.05) is 0 Å². The molecule has 0 aromatic heterocycles. The van der Waals surface area contributed by atoms with E-state index in [2.05, 4.69) is 4.74 Å². The number of hydrogen-bond donors (Lipinski definition) is 1. The first-order chi connectivity index (χ1) is 9.30. The Bertz CT molecular complexity index is 634. The van der Waals surface area contributed by atoms with Gasteiger partial charge in [0, 0.05) is 6.08 Å². The summed E-state index contributed by atoms with van der Waals surface area (Å²) < 4.78 is 86.0. The third kappa shape index (κ3) is 3.13. The predicted molar refractivity (Wildman–Crippen MR) is 59.2 cm³/mol. The maximum atomic E-state index is 13.4. The Balaban J connectivity index is 3.06. The Morgan fingerprint density at radius 1 is 1.19 bits per heavy atom. The van der Waals surface area contributed by atoms with Crippen LogP contribution in [-0.2, 0) is 24.4 Å². The van der Waals surface area contributed by atoms with Crippen LogP contribution >= 0.6 is 0 Å². The Hall–Kier alpha value is -1.75. The zero-order chi connectivity index (χ0) is 16.6. The first kappa shape index (κ1) is 17.3. The number of hydrogen-bond acceptors (Lipinski definition) is 5. The minimum absolute atomic E-state index is 0.357. The van der Waals surface area contributed by atoms with Gasteiger partial charge in [0.05, 0.1) is 0 Å². The Morgan fingerprint density at radius 2 is 1.71 bits per heavy atom. The summed E-state index contributed by atoms with van der Waals surface area (Å²) in [6, 6.07) is 0. The molecular weight excluding hydrogens is 324 g/mol. The van der Waals surface area contributed by atoms with Crippen LogP contribution in [0.4, 0.5) is 17.6 Å². The monoisotopic (exact) mass is 332 g/mol. The highest BCUT2D eigenvalue weighted by Gasteiger charge is 2.69. The van der Waals surface area contributed by atoms with Crippen LogP contribution < -0.4 is 0 Å². The number of rotatable bonds is 5. The lowest BCUT2D eigenvalue weighted by Crippen LogP contribution is -2.53. The second kappa shape index (κ2) is 5.22. The number of ether oxygens (including phenoxy) is 1. The number of alkyl halides is 4. The van der Waals surface area contributed by atoms with Crippen LogP contribution in [0.15, 0.2) is 24.0 Å². The highest BCUT2D eigenvalue weighted by atomic mass is 32.2. The van der Waals surface area contributed by atoms with E-state index >= 15 is 0 Å². The van der Waals surface area contributed by atoms with Crippen molar-refractivity contribution in [3.8, 4) is 0 Å². The Labute approximate surface area is 115 Å². The summed E-state index contributed by atoms with van der Waals surface area (Å²) in [7, 11) is -6.42. The summed E-state index contributed by atoms with van der Waals surface area (Å²) >= 11 is 0. The maximum Gasteiger partial charge on any atom is 0.435 e. The van der Waals surface area contributed by atoms with Gasteiger partial charge in [0.25, 0.3) is 0 Å². The molecule has 11 heteroatoms. The van der Waals surface area contributed by atoms with Gasteiger partial charge >= 0.3 is 21.3 Å². The average molecular weight is 332 g/mol. The fourth-order valence-corrected chi connectivity index (χ4v) is 1.76. The molecule has 1 unspecified atom stereocenters. The van der Waals surface area contributed by atoms with Gasteiger partial charge in [0.1, 0.15) is 0 Å². The van der Waals surface area contributed by atoms with Crippen molar-refractivity contribution in [3.63, 3.8) is 0 Å². The number of allylic oxidation sites excluding steroid dienone is 3. The molecule has 1 aliphatic carbocycles. The molecule has 0 saturated carbocycles. The summed E-state index contributed by atoms with van der Waals surface area (Å²) in [4.78, 5) is 22.2. The Morgan fingerprint density at radius 3 is 2.19 bits per heavy atom. The van der Waals surface area contributed by atoms with Crippen molar-refractivity contribution in [1.29, 1.82) is 0 Å². The van der Waals surface area contributed by atoms with Crippen LogP contribution in [-0.4, -0.2) is 41.8 Å². The molecule has 118 valence electrons. The zero-order valence-electron chi connectivity index (χ0n) is 10.2. The van der Waals surface area contributed by atoms with Crippen LogP contribution in [0.1, 0.15) is 6.92 Å². The summed E-state index contributed by atoms with van der Waals surface area (Å²) in [5, 5.41) is -5.84. The first-order valence-electron chi connectivity index (χ1n) is 5.18. The van der Waals surface area contributed by atoms with Crippen LogP contribution in [0.3, 0.4) is 0 Å². The number of ketones is 2. The summed E-state index contributed by atoms with van der Waals surface area (Å²) in [5.41, 5.74) is 0. The van der Waals surface area contributed by atoms with Crippen LogP contribution in [0.5, 0.6) is 0 Å². The van der Waals surface area contributed by atoms with Gasteiger partial charge < -0.3 is 4.74 Å². The van der Waals surface area contributed by atoms with Crippen molar-refractivity contribution in [3.05, 3.63) is 24.0 Å². The molecule has 1 aliphatic rings. The van der Waals surface area contributed by atoms with Crippen LogP contribution in [0.25, 0.3) is 0 Å². The van der Waals surface area contributed by atoms with E-state index in [1.807, 2.05) is 0 Å². The second-order valence-corrected chi connectivity index (χ2v) is 5.45. The molecule has 21 heavy (non-hydrogen) atoms. The average Bonchev–Trinajstić information content (AvgIpc) is 2.32. The molecule has 0 aromatic carbocycles. The minimum Gasteiger partial charge on any atom is -0.480 e. The lowest BCUT2D eigenvalue weighted by atomic mass is 10.1. The van der Waals surface area contributed by atoms with Gasteiger partial charge in [-0.2, -0.15) is 26.0 Å². The molecule has 0 fully saturated rings. The van der Waals surface area contributed by atoms with E-state index in [1.165, 1.54) is 0 Å². The molecule has 0 bridgehead atoms. The van der Waals surface area contributed by atoms with Gasteiger partial charge in [-0.15, -0.1) is 0 Å². The van der Waals surface area contributed by atoms with Crippen molar-refractivity contribution in [2.24, 2.45) is 0 Å². The molecule has 0 aromatic rings. The largest absolute Gasteiger partial charge is 0.480 e. The molecule has 1 N–H and O–H groups in total. The lowest BCUT2D eigenvalue weighted by molar-refractivity contribution is -0.214. The third-order valence-electron chi connectivity index (χ3n) is 2.44. The van der Waals surface area contributed by atoms with Crippen molar-refractivity contribution in [2.45, 2.75) is 24.2 Å². The number of halogens is 4. The fraction of sp³-hybridized carbons (Fsp3) is 0.400. The molecule has 0 aliphatic heterocycles. The number of carbonyl (C=O) groups excluding carboxylic acids is 2. The maximum absolute atomic E-state index is 13.4. The predicted octanol–water partition coefficient (Wildman–Crippen LogP) is 1.10. The minimum atomic E-state index is -6.42. The Kier molecular flexibility index (Phi) is 4.30. The SMILES string of the molecule is CC(OC1=CC(=O)C=CC1=O)C(F)(F)C(F)(F)S(=O)(=O)O. The fourth-order valence-electron chi connectivity index (χ4n) is 1.25. The molecule has 0 heterocycles. The van der Waals surface area contributed by atoms with Gasteiger partial charge in [0.15, 0.2) is 17.6 Å². The molecule has 1 rings (SSSR count). The van der Waals surface area contributed by atoms with Crippen molar-refractivity contribution >= 4 is 21.7 Å². The van der Waals surface area contributed by atoms with E-state index in [4.69, 9.17) is 4.55 Å². The van der Waals surface area contributed by atoms with Crippen LogP contribution in [0, 0.1) is 0 Å². The molecule has 0 amide bonds. The lowest BCUT2D eigenvalue weighted by Gasteiger charge is -2.29. The smallest absolute Gasteiger partial charge is 0.435 e. The van der Waals surface area contributed by atoms with Gasteiger partial charge in [-0.3, -0.25) is 14.1 Å². The van der Waals surface area contributed by atoms with E-state index < -0.39 is 44.7 Å². The van der Waals surface area contributed by atoms with E-state index in [0.717, 1.165) is 6.08 Å². The highest BCUT2D eigenvalue weighted by molar-refractivity contribution is 7.87. The molecule has 0 radical (unpaired) electrons. The summed E-state index contributed by atoms with van der Waals surface area (Å²) in [6.45, 7) is 0.357. The number of carbonyl (C=O) groups is 2. The van der Waals surface area contributed by atoms with Gasteiger partial charge in [-0.25, -0.2) is 0 Å². The summed E-state index contributed by atoms with van der Waals surface area (Å²) in [5.74, 6) is -8.14. The third-order valence-corrected chi connectivity index (χ3v) is 3.36. The van der Waals surface area contributed by atoms with Crippen LogP contribution in [0.2, 0.25) is 0 Å². The highest BCUT2D eigenvalue weighted by Crippen LogP contribution is 2.42. The topological polar surface area (TPSA) is 97.7 Å². The normalized spacial score (nSPS) is 18.5. The van der Waals surface area contributed by atoms with E-state index in [9.17, 15) is 35.6 Å². The van der Waals surface area contributed by atoms with Crippen molar-refractivity contribution in [2.75, 3.05) is 0 Å². The van der Waals surface area contributed by atoms with Gasteiger partial charge in [0.2, 0.25) is 5.78 Å². The molecule has 6 nitrogen and oxygen atoms in total.